The van der Waals surface area contributed by atoms with Gasteiger partial charge in [-0.05, 0) is 43.9 Å². The van der Waals surface area contributed by atoms with Gasteiger partial charge in [0.1, 0.15) is 0 Å². The van der Waals surface area contributed by atoms with Gasteiger partial charge in [-0.3, -0.25) is 0 Å². The Bertz CT molecular complexity index is 75.1. The molecule has 1 radical (unpaired) electrons. The fourth-order valence-corrected chi connectivity index (χ4v) is 2.50. The van der Waals surface area contributed by atoms with Crippen LogP contribution in [0.4, 0.5) is 0 Å². The monoisotopic (exact) mass is 123 g/mol. The normalized spacial score (nSPS) is 32.0. The van der Waals surface area contributed by atoms with Crippen LogP contribution in [-0.2, 0) is 0 Å². The van der Waals surface area contributed by atoms with Gasteiger partial charge in [0.2, 0.25) is 0 Å². The van der Waals surface area contributed by atoms with E-state index in [0.717, 1.165) is 5.41 Å². The van der Waals surface area contributed by atoms with E-state index in [1.54, 1.807) is 0 Å². The van der Waals surface area contributed by atoms with Crippen molar-refractivity contribution in [2.24, 2.45) is 5.41 Å². The Morgan fingerprint density at radius 1 is 1.00 bits per heavy atom. The van der Waals surface area contributed by atoms with E-state index in [0.29, 0.717) is 0 Å². The summed E-state index contributed by atoms with van der Waals surface area (Å²) in [5, 5.41) is 0. The molecule has 0 amide bonds. The topological polar surface area (TPSA) is 0 Å². The molecule has 2 rings (SSSR count). The van der Waals surface area contributed by atoms with E-state index >= 15 is 0 Å². The molecule has 0 heteroatoms. The van der Waals surface area contributed by atoms with Crippen LogP contribution in [0.1, 0.15) is 44.9 Å². The van der Waals surface area contributed by atoms with Crippen molar-refractivity contribution in [2.75, 3.05) is 0 Å². The van der Waals surface area contributed by atoms with Gasteiger partial charge in [0.05, 0.1) is 0 Å². The molecule has 2 aliphatic carbocycles. The highest BCUT2D eigenvalue weighted by atomic mass is 14.4. The summed E-state index contributed by atoms with van der Waals surface area (Å²) in [6, 6.07) is 0. The van der Waals surface area contributed by atoms with E-state index in [-0.39, 0.29) is 0 Å². The average molecular weight is 123 g/mol. The first-order valence-electron chi connectivity index (χ1n) is 4.23. The lowest BCUT2D eigenvalue weighted by Gasteiger charge is -2.20. The van der Waals surface area contributed by atoms with Crippen molar-refractivity contribution >= 4 is 0 Å². The third-order valence-corrected chi connectivity index (χ3v) is 3.12. The maximum absolute atomic E-state index is 2.49. The zero-order valence-electron chi connectivity index (χ0n) is 6.03. The largest absolute Gasteiger partial charge is 0.0528 e. The Labute approximate surface area is 57.6 Å². The van der Waals surface area contributed by atoms with Gasteiger partial charge in [0, 0.05) is 0 Å². The van der Waals surface area contributed by atoms with Gasteiger partial charge in [-0.2, -0.15) is 0 Å². The van der Waals surface area contributed by atoms with Crippen LogP contribution in [0.5, 0.6) is 0 Å². The van der Waals surface area contributed by atoms with Gasteiger partial charge in [-0.25, -0.2) is 0 Å². The molecule has 0 heterocycles. The zero-order chi connectivity index (χ0) is 6.16. The fraction of sp³-hybridized carbons (Fsp3) is 0.889. The highest BCUT2D eigenvalue weighted by Gasteiger charge is 2.35. The molecule has 0 aromatic carbocycles. The molecule has 0 N–H and O–H groups in total. The fourth-order valence-electron chi connectivity index (χ4n) is 2.50. The number of rotatable bonds is 0. The summed E-state index contributed by atoms with van der Waals surface area (Å²) in [6.45, 7) is 0. The molecule has 0 aliphatic heterocycles. The van der Waals surface area contributed by atoms with Crippen molar-refractivity contribution in [1.29, 1.82) is 0 Å². The standard InChI is InChI=1S/C9H15/c1-2-6-9(5-1)7-3-4-8-9/h1H,2-8H2. The Morgan fingerprint density at radius 3 is 2.33 bits per heavy atom. The minimum atomic E-state index is 0.833. The van der Waals surface area contributed by atoms with Crippen molar-refractivity contribution in [3.8, 4) is 0 Å². The van der Waals surface area contributed by atoms with Crippen LogP contribution in [-0.4, -0.2) is 0 Å². The van der Waals surface area contributed by atoms with Gasteiger partial charge >= 0.3 is 0 Å². The van der Waals surface area contributed by atoms with E-state index in [2.05, 4.69) is 6.42 Å². The minimum absolute atomic E-state index is 0.833. The maximum Gasteiger partial charge on any atom is -0.0295 e. The quantitative estimate of drug-likeness (QED) is 0.464. The first-order chi connectivity index (χ1) is 4.41. The first-order valence-corrected chi connectivity index (χ1v) is 4.23. The SMILES string of the molecule is [CH]1CCC2(C1)CCCC2. The summed E-state index contributed by atoms with van der Waals surface area (Å²) in [5.74, 6) is 0. The van der Waals surface area contributed by atoms with E-state index in [1.165, 1.54) is 44.9 Å². The highest BCUT2D eigenvalue weighted by molar-refractivity contribution is 4.95. The van der Waals surface area contributed by atoms with E-state index in [4.69, 9.17) is 0 Å². The maximum atomic E-state index is 2.49. The molecule has 0 aromatic rings. The predicted molar refractivity (Wildman–Crippen MR) is 39.1 cm³/mol. The molecule has 0 bridgehead atoms. The van der Waals surface area contributed by atoms with Gasteiger partial charge < -0.3 is 0 Å². The molecule has 0 saturated heterocycles. The molecule has 9 heavy (non-hydrogen) atoms. The molecule has 2 fully saturated rings. The second-order valence-corrected chi connectivity index (χ2v) is 3.74. The molecule has 0 nitrogen and oxygen atoms in total. The molecule has 0 aromatic heterocycles. The average Bonchev–Trinajstić information content (AvgIpc) is 2.45. The van der Waals surface area contributed by atoms with E-state index < -0.39 is 0 Å². The summed E-state index contributed by atoms with van der Waals surface area (Å²) in [6.07, 6.45) is 12.9. The summed E-state index contributed by atoms with van der Waals surface area (Å²) < 4.78 is 0. The van der Waals surface area contributed by atoms with E-state index in [9.17, 15) is 0 Å². The highest BCUT2D eigenvalue weighted by Crippen LogP contribution is 2.49. The van der Waals surface area contributed by atoms with Crippen molar-refractivity contribution in [3.63, 3.8) is 0 Å². The second kappa shape index (κ2) is 2.00. The first kappa shape index (κ1) is 5.76. The van der Waals surface area contributed by atoms with Crippen LogP contribution in [0.15, 0.2) is 0 Å². The van der Waals surface area contributed by atoms with E-state index in [1.807, 2.05) is 0 Å². The molecule has 2 saturated carbocycles. The molecular formula is C9H15. The summed E-state index contributed by atoms with van der Waals surface area (Å²) in [7, 11) is 0. The van der Waals surface area contributed by atoms with Gasteiger partial charge in [0.15, 0.2) is 0 Å². The van der Waals surface area contributed by atoms with Crippen LogP contribution >= 0.6 is 0 Å². The van der Waals surface area contributed by atoms with Crippen LogP contribution in [0.2, 0.25) is 0 Å². The Hall–Kier alpha value is 0. The molecule has 0 unspecified atom stereocenters. The molecule has 2 aliphatic rings. The van der Waals surface area contributed by atoms with Gasteiger partial charge in [0.25, 0.3) is 0 Å². The molecule has 0 atom stereocenters. The minimum Gasteiger partial charge on any atom is -0.0528 e. The number of hydrogen-bond acceptors (Lipinski definition) is 0. The lowest BCUT2D eigenvalue weighted by Crippen LogP contribution is -2.08. The smallest absolute Gasteiger partial charge is 0.0295 e. The second-order valence-electron chi connectivity index (χ2n) is 3.74. The van der Waals surface area contributed by atoms with Crippen molar-refractivity contribution in [2.45, 2.75) is 44.9 Å². The number of hydrogen-bond donors (Lipinski definition) is 0. The molecular weight excluding hydrogens is 108 g/mol. The van der Waals surface area contributed by atoms with Crippen LogP contribution in [0, 0.1) is 11.8 Å². The van der Waals surface area contributed by atoms with Crippen LogP contribution < -0.4 is 0 Å². The van der Waals surface area contributed by atoms with Crippen molar-refractivity contribution < 1.29 is 0 Å². The lowest BCUT2D eigenvalue weighted by molar-refractivity contribution is 0.315. The van der Waals surface area contributed by atoms with Gasteiger partial charge in [-0.1, -0.05) is 12.8 Å². The summed E-state index contributed by atoms with van der Waals surface area (Å²) in [5.41, 5.74) is 0.833. The van der Waals surface area contributed by atoms with Crippen molar-refractivity contribution in [3.05, 3.63) is 6.42 Å². The third kappa shape index (κ3) is 0.889. The van der Waals surface area contributed by atoms with Crippen molar-refractivity contribution in [1.82, 2.24) is 0 Å². The van der Waals surface area contributed by atoms with Crippen LogP contribution in [0.3, 0.4) is 0 Å². The third-order valence-electron chi connectivity index (χ3n) is 3.12. The Balaban J connectivity index is 2.04. The summed E-state index contributed by atoms with van der Waals surface area (Å²) >= 11 is 0. The Kier molecular flexibility index (Phi) is 1.28. The molecule has 51 valence electrons. The van der Waals surface area contributed by atoms with Gasteiger partial charge in [-0.15, -0.1) is 0 Å². The molecule has 1 spiro atoms. The Morgan fingerprint density at radius 2 is 1.78 bits per heavy atom. The summed E-state index contributed by atoms with van der Waals surface area (Å²) in [4.78, 5) is 0. The lowest BCUT2D eigenvalue weighted by atomic mass is 9.85. The van der Waals surface area contributed by atoms with Crippen LogP contribution in [0.25, 0.3) is 0 Å². The zero-order valence-corrected chi connectivity index (χ0v) is 6.03. The predicted octanol–water partition coefficient (Wildman–Crippen LogP) is 2.93.